The fraction of sp³-hybridized carbons (Fsp3) is 0.294. The number of rotatable bonds is 3. The summed E-state index contributed by atoms with van der Waals surface area (Å²) < 4.78 is 1.12. The van der Waals surface area contributed by atoms with Crippen molar-refractivity contribution in [3.63, 3.8) is 0 Å². The molecule has 0 spiro atoms. The van der Waals surface area contributed by atoms with Crippen LogP contribution in [0, 0.1) is 11.3 Å². The minimum Gasteiger partial charge on any atom is -0.353 e. The molecule has 1 saturated heterocycles. The largest absolute Gasteiger partial charge is 0.353 e. The number of pyridine rings is 1. The van der Waals surface area contributed by atoms with Crippen LogP contribution in [0.3, 0.4) is 0 Å². The molecule has 2 aromatic rings. The van der Waals surface area contributed by atoms with Crippen LogP contribution >= 0.6 is 15.9 Å². The van der Waals surface area contributed by atoms with Crippen molar-refractivity contribution < 1.29 is 0 Å². The first kappa shape index (κ1) is 15.0. The number of anilines is 1. The van der Waals surface area contributed by atoms with Gasteiger partial charge in [-0.2, -0.15) is 5.26 Å². The molecule has 3 rings (SSSR count). The highest BCUT2D eigenvalue weighted by molar-refractivity contribution is 9.10. The minimum atomic E-state index is 0.655. The molecule has 1 aromatic carbocycles. The molecule has 0 N–H and O–H groups in total. The van der Waals surface area contributed by atoms with Crippen molar-refractivity contribution in [2.45, 2.75) is 6.54 Å². The van der Waals surface area contributed by atoms with Crippen molar-refractivity contribution >= 4 is 21.7 Å². The molecule has 4 nitrogen and oxygen atoms in total. The molecule has 0 bridgehead atoms. The second kappa shape index (κ2) is 6.91. The molecular formula is C17H17BrN4. The van der Waals surface area contributed by atoms with Gasteiger partial charge in [0.05, 0.1) is 5.56 Å². The van der Waals surface area contributed by atoms with Crippen molar-refractivity contribution in [1.82, 2.24) is 9.88 Å². The van der Waals surface area contributed by atoms with Crippen LogP contribution in [0.1, 0.15) is 11.1 Å². The maximum absolute atomic E-state index is 9.19. The van der Waals surface area contributed by atoms with Gasteiger partial charge in [0.25, 0.3) is 0 Å². The zero-order valence-corrected chi connectivity index (χ0v) is 13.8. The first-order chi connectivity index (χ1) is 10.8. The van der Waals surface area contributed by atoms with Gasteiger partial charge in [-0.1, -0.05) is 28.1 Å². The van der Waals surface area contributed by atoms with Crippen molar-refractivity contribution in [3.8, 4) is 6.07 Å². The van der Waals surface area contributed by atoms with Crippen LogP contribution in [0.2, 0.25) is 0 Å². The Hall–Kier alpha value is -1.90. The Morgan fingerprint density at radius 3 is 2.68 bits per heavy atom. The Bertz CT molecular complexity index is 687. The lowest BCUT2D eigenvalue weighted by molar-refractivity contribution is 0.249. The molecule has 22 heavy (non-hydrogen) atoms. The highest BCUT2D eigenvalue weighted by atomic mass is 79.9. The average molecular weight is 357 g/mol. The van der Waals surface area contributed by atoms with E-state index >= 15 is 0 Å². The molecule has 0 atom stereocenters. The Morgan fingerprint density at radius 1 is 1.14 bits per heavy atom. The number of nitrogens with zero attached hydrogens (tertiary/aromatic N) is 4. The van der Waals surface area contributed by atoms with Gasteiger partial charge in [-0.3, -0.25) is 4.90 Å². The third kappa shape index (κ3) is 3.46. The van der Waals surface area contributed by atoms with E-state index < -0.39 is 0 Å². The number of hydrogen-bond donors (Lipinski definition) is 0. The van der Waals surface area contributed by atoms with E-state index in [0.29, 0.717) is 5.56 Å². The predicted octanol–water partition coefficient (Wildman–Crippen LogP) is 3.04. The molecule has 5 heteroatoms. The molecule has 0 amide bonds. The van der Waals surface area contributed by atoms with Gasteiger partial charge in [-0.15, -0.1) is 0 Å². The van der Waals surface area contributed by atoms with E-state index in [0.717, 1.165) is 43.0 Å². The van der Waals surface area contributed by atoms with E-state index in [1.807, 2.05) is 18.2 Å². The first-order valence-electron chi connectivity index (χ1n) is 7.33. The number of aromatic nitrogens is 1. The molecule has 0 unspecified atom stereocenters. The van der Waals surface area contributed by atoms with Crippen molar-refractivity contribution in [1.29, 1.82) is 5.26 Å². The fourth-order valence-corrected chi connectivity index (χ4v) is 3.19. The summed E-state index contributed by atoms with van der Waals surface area (Å²) in [6, 6.07) is 14.3. The lowest BCUT2D eigenvalue weighted by Crippen LogP contribution is -2.46. The Morgan fingerprint density at radius 2 is 1.95 bits per heavy atom. The van der Waals surface area contributed by atoms with Crippen molar-refractivity contribution in [2.75, 3.05) is 31.1 Å². The molecule has 1 aliphatic rings. The molecular weight excluding hydrogens is 340 g/mol. The minimum absolute atomic E-state index is 0.655. The number of nitriles is 1. The van der Waals surface area contributed by atoms with Crippen LogP contribution in [0.4, 0.5) is 5.82 Å². The molecule has 0 radical (unpaired) electrons. The van der Waals surface area contributed by atoms with E-state index in [4.69, 9.17) is 0 Å². The Kier molecular flexibility index (Phi) is 4.71. The van der Waals surface area contributed by atoms with Crippen LogP contribution in [-0.4, -0.2) is 36.1 Å². The van der Waals surface area contributed by atoms with Gasteiger partial charge < -0.3 is 4.90 Å². The van der Waals surface area contributed by atoms with Gasteiger partial charge in [0, 0.05) is 43.4 Å². The SMILES string of the molecule is N#Cc1cccnc1N1CCN(Cc2cccc(Br)c2)CC1. The van der Waals surface area contributed by atoms with Crippen LogP contribution in [0.25, 0.3) is 0 Å². The van der Waals surface area contributed by atoms with E-state index in [1.165, 1.54) is 5.56 Å². The maximum atomic E-state index is 9.19. The Balaban J connectivity index is 1.62. The second-order valence-electron chi connectivity index (χ2n) is 5.38. The highest BCUT2D eigenvalue weighted by Gasteiger charge is 2.20. The number of hydrogen-bond acceptors (Lipinski definition) is 4. The zero-order valence-electron chi connectivity index (χ0n) is 12.2. The molecule has 112 valence electrons. The number of piperazine rings is 1. The van der Waals surface area contributed by atoms with Crippen molar-refractivity contribution in [2.24, 2.45) is 0 Å². The maximum Gasteiger partial charge on any atom is 0.146 e. The molecule has 1 aromatic heterocycles. The summed E-state index contributed by atoms with van der Waals surface area (Å²) in [5.41, 5.74) is 1.97. The molecule has 2 heterocycles. The highest BCUT2D eigenvalue weighted by Crippen LogP contribution is 2.19. The van der Waals surface area contributed by atoms with Gasteiger partial charge in [-0.05, 0) is 29.8 Å². The van der Waals surface area contributed by atoms with Crippen molar-refractivity contribution in [3.05, 3.63) is 58.2 Å². The van der Waals surface area contributed by atoms with Crippen LogP contribution in [0.5, 0.6) is 0 Å². The molecule has 1 aliphatic heterocycles. The normalized spacial score (nSPS) is 15.5. The van der Waals surface area contributed by atoms with Gasteiger partial charge in [-0.25, -0.2) is 4.98 Å². The second-order valence-corrected chi connectivity index (χ2v) is 6.30. The predicted molar refractivity (Wildman–Crippen MR) is 90.6 cm³/mol. The summed E-state index contributed by atoms with van der Waals surface area (Å²) in [6.07, 6.45) is 1.75. The topological polar surface area (TPSA) is 43.2 Å². The number of halogens is 1. The summed E-state index contributed by atoms with van der Waals surface area (Å²) in [5, 5.41) is 9.19. The Labute approximate surface area is 139 Å². The summed E-state index contributed by atoms with van der Waals surface area (Å²) in [5.74, 6) is 0.812. The lowest BCUT2D eigenvalue weighted by Gasteiger charge is -2.35. The van der Waals surface area contributed by atoms with E-state index in [2.05, 4.69) is 55.0 Å². The van der Waals surface area contributed by atoms with Gasteiger partial charge >= 0.3 is 0 Å². The summed E-state index contributed by atoms with van der Waals surface area (Å²) in [7, 11) is 0. The summed E-state index contributed by atoms with van der Waals surface area (Å²) in [4.78, 5) is 9.01. The quantitative estimate of drug-likeness (QED) is 0.847. The third-order valence-corrected chi connectivity index (χ3v) is 4.37. The fourth-order valence-electron chi connectivity index (χ4n) is 2.75. The summed E-state index contributed by atoms with van der Waals surface area (Å²) in [6.45, 7) is 4.72. The van der Waals surface area contributed by atoms with Crippen LogP contribution in [-0.2, 0) is 6.54 Å². The average Bonchev–Trinajstić information content (AvgIpc) is 2.56. The number of benzene rings is 1. The zero-order chi connectivity index (χ0) is 15.4. The van der Waals surface area contributed by atoms with Gasteiger partial charge in [0.15, 0.2) is 0 Å². The molecule has 0 saturated carbocycles. The van der Waals surface area contributed by atoms with E-state index in [1.54, 1.807) is 6.20 Å². The van der Waals surface area contributed by atoms with Crippen LogP contribution < -0.4 is 4.90 Å². The van der Waals surface area contributed by atoms with E-state index in [9.17, 15) is 5.26 Å². The standard InChI is InChI=1S/C17H17BrN4/c18-16-5-1-3-14(11-16)13-21-7-9-22(10-8-21)17-15(12-19)4-2-6-20-17/h1-6,11H,7-10,13H2. The van der Waals surface area contributed by atoms with Gasteiger partial charge in [0.1, 0.15) is 11.9 Å². The lowest BCUT2D eigenvalue weighted by atomic mass is 10.2. The monoisotopic (exact) mass is 356 g/mol. The first-order valence-corrected chi connectivity index (χ1v) is 8.12. The molecule has 1 fully saturated rings. The van der Waals surface area contributed by atoms with E-state index in [-0.39, 0.29) is 0 Å². The van der Waals surface area contributed by atoms with Gasteiger partial charge in [0.2, 0.25) is 0 Å². The van der Waals surface area contributed by atoms with Crippen LogP contribution in [0.15, 0.2) is 47.1 Å². The third-order valence-electron chi connectivity index (χ3n) is 3.87. The molecule has 0 aliphatic carbocycles. The smallest absolute Gasteiger partial charge is 0.146 e. The summed E-state index contributed by atoms with van der Waals surface area (Å²) >= 11 is 3.52.